The molecule has 0 spiro atoms. The largest absolute Gasteiger partial charge is 0.478 e. The van der Waals surface area contributed by atoms with Crippen molar-refractivity contribution in [1.29, 1.82) is 0 Å². The van der Waals surface area contributed by atoms with Crippen LogP contribution in [0.25, 0.3) is 0 Å². The van der Waals surface area contributed by atoms with E-state index in [9.17, 15) is 9.90 Å². The highest BCUT2D eigenvalue weighted by Gasteiger charge is 2.20. The molecule has 0 bridgehead atoms. The third kappa shape index (κ3) is 2.64. The van der Waals surface area contributed by atoms with Crippen molar-refractivity contribution in [3.63, 3.8) is 0 Å². The minimum atomic E-state index is -0.917. The van der Waals surface area contributed by atoms with Crippen LogP contribution in [0.5, 0.6) is 0 Å². The van der Waals surface area contributed by atoms with E-state index in [0.717, 1.165) is 41.3 Å². The first-order valence-electron chi connectivity index (χ1n) is 6.07. The molecule has 98 valence electrons. The molecule has 2 aromatic rings. The van der Waals surface area contributed by atoms with Crippen LogP contribution in [-0.4, -0.2) is 21.0 Å². The fourth-order valence-electron chi connectivity index (χ4n) is 2.19. The van der Waals surface area contributed by atoms with E-state index < -0.39 is 5.97 Å². The molecular formula is C13H12N2O2S2. The number of carboxylic acids is 1. The van der Waals surface area contributed by atoms with Crippen LogP contribution in [0.1, 0.15) is 34.5 Å². The van der Waals surface area contributed by atoms with Crippen molar-refractivity contribution < 1.29 is 9.90 Å². The third-order valence-electron chi connectivity index (χ3n) is 3.09. The summed E-state index contributed by atoms with van der Waals surface area (Å²) in [6.45, 7) is 0. The zero-order valence-corrected chi connectivity index (χ0v) is 11.8. The molecule has 0 saturated heterocycles. The number of nitrogens with zero attached hydrogens (tertiary/aromatic N) is 2. The number of aromatic nitrogens is 2. The monoisotopic (exact) mass is 292 g/mol. The molecule has 4 nitrogen and oxygen atoms in total. The Morgan fingerprint density at radius 1 is 1.37 bits per heavy atom. The van der Waals surface area contributed by atoms with Crippen molar-refractivity contribution in [3.8, 4) is 0 Å². The molecule has 19 heavy (non-hydrogen) atoms. The minimum absolute atomic E-state index is 0.292. The van der Waals surface area contributed by atoms with Crippen molar-refractivity contribution in [1.82, 2.24) is 9.97 Å². The Kier molecular flexibility index (Phi) is 3.52. The van der Waals surface area contributed by atoms with Gasteiger partial charge < -0.3 is 5.11 Å². The van der Waals surface area contributed by atoms with E-state index >= 15 is 0 Å². The fraction of sp³-hybridized carbons (Fsp3) is 0.308. The van der Waals surface area contributed by atoms with Gasteiger partial charge in [-0.1, -0.05) is 0 Å². The number of thiazole rings is 1. The molecule has 2 aromatic heterocycles. The Bertz CT molecular complexity index is 611. The molecule has 1 aliphatic carbocycles. The second-order valence-corrected chi connectivity index (χ2v) is 6.49. The molecule has 0 amide bonds. The number of carboxylic acid groups (broad SMARTS) is 1. The summed E-state index contributed by atoms with van der Waals surface area (Å²) in [5.41, 5.74) is 2.43. The standard InChI is InChI=1S/C13H12N2O2S2/c16-12(17)9-7-8-3-1-2-4-10(8)15-11(9)19-13-14-5-6-18-13/h5-7H,1-4H2,(H,16,17). The SMILES string of the molecule is O=C(O)c1cc2c(nc1Sc1nccs1)CCCC2. The van der Waals surface area contributed by atoms with Gasteiger partial charge in [-0.3, -0.25) is 0 Å². The van der Waals surface area contributed by atoms with Gasteiger partial charge in [-0.2, -0.15) is 0 Å². The molecule has 6 heteroatoms. The van der Waals surface area contributed by atoms with Crippen LogP contribution in [0.15, 0.2) is 27.0 Å². The topological polar surface area (TPSA) is 63.1 Å². The van der Waals surface area contributed by atoms with Crippen molar-refractivity contribution >= 4 is 29.1 Å². The molecule has 2 heterocycles. The lowest BCUT2D eigenvalue weighted by molar-refractivity contribution is 0.0692. The number of carbonyl (C=O) groups is 1. The summed E-state index contributed by atoms with van der Waals surface area (Å²) in [6.07, 6.45) is 5.85. The van der Waals surface area contributed by atoms with E-state index in [2.05, 4.69) is 9.97 Å². The summed E-state index contributed by atoms with van der Waals surface area (Å²) in [6, 6.07) is 1.79. The van der Waals surface area contributed by atoms with Gasteiger partial charge in [0.15, 0.2) is 4.34 Å². The van der Waals surface area contributed by atoms with E-state index in [1.54, 1.807) is 12.3 Å². The van der Waals surface area contributed by atoms with E-state index in [-0.39, 0.29) is 0 Å². The van der Waals surface area contributed by atoms with Gasteiger partial charge in [-0.25, -0.2) is 14.8 Å². The number of rotatable bonds is 3. The quantitative estimate of drug-likeness (QED) is 0.940. The summed E-state index contributed by atoms with van der Waals surface area (Å²) >= 11 is 2.83. The van der Waals surface area contributed by atoms with Gasteiger partial charge in [0.1, 0.15) is 5.03 Å². The third-order valence-corrected chi connectivity index (χ3v) is 4.98. The highest BCUT2D eigenvalue weighted by Crippen LogP contribution is 2.33. The molecule has 0 unspecified atom stereocenters. The molecule has 0 fully saturated rings. The molecule has 0 aromatic carbocycles. The molecule has 1 N–H and O–H groups in total. The molecule has 3 rings (SSSR count). The van der Waals surface area contributed by atoms with Crippen molar-refractivity contribution in [2.45, 2.75) is 35.0 Å². The number of aromatic carboxylic acids is 1. The van der Waals surface area contributed by atoms with E-state index in [4.69, 9.17) is 0 Å². The predicted octanol–water partition coefficient (Wildman–Crippen LogP) is 3.27. The van der Waals surface area contributed by atoms with Crippen LogP contribution < -0.4 is 0 Å². The number of pyridine rings is 1. The smallest absolute Gasteiger partial charge is 0.338 e. The van der Waals surface area contributed by atoms with Gasteiger partial charge in [-0.05, 0) is 49.1 Å². The lowest BCUT2D eigenvalue weighted by Gasteiger charge is -2.16. The van der Waals surface area contributed by atoms with Crippen LogP contribution in [0.4, 0.5) is 0 Å². The predicted molar refractivity (Wildman–Crippen MR) is 74.1 cm³/mol. The number of hydrogen-bond acceptors (Lipinski definition) is 5. The zero-order valence-electron chi connectivity index (χ0n) is 10.1. The van der Waals surface area contributed by atoms with Crippen LogP contribution in [0, 0.1) is 0 Å². The van der Waals surface area contributed by atoms with Gasteiger partial charge in [0, 0.05) is 17.3 Å². The Morgan fingerprint density at radius 3 is 2.95 bits per heavy atom. The zero-order chi connectivity index (χ0) is 13.2. The van der Waals surface area contributed by atoms with E-state index in [1.165, 1.54) is 23.1 Å². The van der Waals surface area contributed by atoms with Gasteiger partial charge in [0.2, 0.25) is 0 Å². The first-order valence-corrected chi connectivity index (χ1v) is 7.77. The van der Waals surface area contributed by atoms with Crippen molar-refractivity contribution in [2.24, 2.45) is 0 Å². The van der Waals surface area contributed by atoms with Gasteiger partial charge in [-0.15, -0.1) is 11.3 Å². The minimum Gasteiger partial charge on any atom is -0.478 e. The maximum absolute atomic E-state index is 11.4. The van der Waals surface area contributed by atoms with Gasteiger partial charge in [0.25, 0.3) is 0 Å². The average molecular weight is 292 g/mol. The van der Waals surface area contributed by atoms with Crippen LogP contribution in [0.3, 0.4) is 0 Å². The van der Waals surface area contributed by atoms with Gasteiger partial charge in [0.05, 0.1) is 5.56 Å². The van der Waals surface area contributed by atoms with Crippen molar-refractivity contribution in [2.75, 3.05) is 0 Å². The molecule has 0 aliphatic heterocycles. The van der Waals surface area contributed by atoms with Crippen molar-refractivity contribution in [3.05, 3.63) is 34.5 Å². The molecular weight excluding hydrogens is 280 g/mol. The van der Waals surface area contributed by atoms with Crippen LogP contribution in [-0.2, 0) is 12.8 Å². The van der Waals surface area contributed by atoms with Crippen LogP contribution >= 0.6 is 23.1 Å². The lowest BCUT2D eigenvalue weighted by Crippen LogP contribution is -2.10. The van der Waals surface area contributed by atoms with Gasteiger partial charge >= 0.3 is 5.97 Å². The number of aryl methyl sites for hydroxylation is 2. The van der Waals surface area contributed by atoms with E-state index in [1.807, 2.05) is 5.38 Å². The maximum atomic E-state index is 11.4. The lowest BCUT2D eigenvalue weighted by atomic mass is 9.95. The summed E-state index contributed by atoms with van der Waals surface area (Å²) in [5.74, 6) is -0.917. The fourth-order valence-corrected chi connectivity index (χ4v) is 3.84. The highest BCUT2D eigenvalue weighted by molar-refractivity contribution is 8.01. The van der Waals surface area contributed by atoms with E-state index in [0.29, 0.717) is 10.6 Å². The molecule has 1 aliphatic rings. The summed E-state index contributed by atoms with van der Waals surface area (Å²) in [7, 11) is 0. The first-order chi connectivity index (χ1) is 9.24. The average Bonchev–Trinajstić information content (AvgIpc) is 2.90. The number of hydrogen-bond donors (Lipinski definition) is 1. The Labute approximate surface area is 118 Å². The van der Waals surface area contributed by atoms with Crippen LogP contribution in [0.2, 0.25) is 0 Å². The molecule has 0 saturated carbocycles. The second-order valence-electron chi connectivity index (χ2n) is 4.36. The summed E-state index contributed by atoms with van der Waals surface area (Å²) in [4.78, 5) is 20.1. The Balaban J connectivity index is 2.03. The summed E-state index contributed by atoms with van der Waals surface area (Å²) in [5, 5.41) is 11.8. The second kappa shape index (κ2) is 5.30. The number of fused-ring (bicyclic) bond motifs is 1. The summed E-state index contributed by atoms with van der Waals surface area (Å²) < 4.78 is 0.825. The maximum Gasteiger partial charge on any atom is 0.338 e. The normalized spacial score (nSPS) is 14.1. The Hall–Kier alpha value is -1.40. The molecule has 0 radical (unpaired) electrons. The highest BCUT2D eigenvalue weighted by atomic mass is 32.2. The Morgan fingerprint density at radius 2 is 2.21 bits per heavy atom. The first kappa shape index (κ1) is 12.6. The molecule has 0 atom stereocenters.